The molecule has 0 aliphatic carbocycles. The average Bonchev–Trinajstić information content (AvgIpc) is 2.48. The van der Waals surface area contributed by atoms with E-state index in [0.717, 1.165) is 10.9 Å². The van der Waals surface area contributed by atoms with Crippen LogP contribution >= 0.6 is 0 Å². The highest BCUT2D eigenvalue weighted by atomic mass is 15.2. The highest BCUT2D eigenvalue weighted by Gasteiger charge is 2.06. The standard InChI is InChI=1S/C7H9N5/c8-3-4-1-2-10-7-5(4)6(9)11-12-7/h1-2H,3,8H2,(H3,9,10,11,12). The molecule has 0 spiro atoms. The molecule has 2 aromatic rings. The molecule has 2 heterocycles. The summed E-state index contributed by atoms with van der Waals surface area (Å²) in [7, 11) is 0. The van der Waals surface area contributed by atoms with Gasteiger partial charge in [-0.25, -0.2) is 4.98 Å². The van der Waals surface area contributed by atoms with E-state index in [9.17, 15) is 0 Å². The topological polar surface area (TPSA) is 93.6 Å². The van der Waals surface area contributed by atoms with Crippen LogP contribution in [0.15, 0.2) is 12.3 Å². The summed E-state index contributed by atoms with van der Waals surface area (Å²) in [6.45, 7) is 0.447. The summed E-state index contributed by atoms with van der Waals surface area (Å²) < 4.78 is 0. The molecule has 2 aromatic heterocycles. The Labute approximate surface area is 68.8 Å². The van der Waals surface area contributed by atoms with Gasteiger partial charge in [0.05, 0.1) is 5.39 Å². The molecule has 5 heteroatoms. The van der Waals surface area contributed by atoms with Gasteiger partial charge in [0.15, 0.2) is 5.65 Å². The minimum absolute atomic E-state index is 0.447. The zero-order valence-electron chi connectivity index (χ0n) is 6.41. The van der Waals surface area contributed by atoms with Gasteiger partial charge < -0.3 is 11.5 Å². The van der Waals surface area contributed by atoms with Crippen LogP contribution in [0.1, 0.15) is 5.56 Å². The van der Waals surface area contributed by atoms with Gasteiger partial charge in [-0.2, -0.15) is 5.10 Å². The third kappa shape index (κ3) is 0.835. The quantitative estimate of drug-likeness (QED) is 0.551. The van der Waals surface area contributed by atoms with Gasteiger partial charge in [0.2, 0.25) is 0 Å². The number of fused-ring (bicyclic) bond motifs is 1. The Balaban J connectivity index is 2.84. The predicted octanol–water partition coefficient (Wildman–Crippen LogP) is -0.00120. The largest absolute Gasteiger partial charge is 0.384 e. The van der Waals surface area contributed by atoms with E-state index in [1.54, 1.807) is 6.20 Å². The fourth-order valence-corrected chi connectivity index (χ4v) is 1.21. The Morgan fingerprint density at radius 2 is 2.33 bits per heavy atom. The van der Waals surface area contributed by atoms with Crippen molar-refractivity contribution >= 4 is 16.9 Å². The van der Waals surface area contributed by atoms with E-state index < -0.39 is 0 Å². The lowest BCUT2D eigenvalue weighted by Gasteiger charge is -1.96. The van der Waals surface area contributed by atoms with Gasteiger partial charge in [-0.05, 0) is 11.6 Å². The number of aromatic amines is 1. The number of rotatable bonds is 1. The third-order valence-corrected chi connectivity index (χ3v) is 1.79. The van der Waals surface area contributed by atoms with Crippen LogP contribution in [0.4, 0.5) is 5.82 Å². The zero-order chi connectivity index (χ0) is 8.55. The van der Waals surface area contributed by atoms with Crippen molar-refractivity contribution in [3.63, 3.8) is 0 Å². The van der Waals surface area contributed by atoms with Crippen molar-refractivity contribution in [2.24, 2.45) is 5.73 Å². The summed E-state index contributed by atoms with van der Waals surface area (Å²) in [5.41, 5.74) is 12.7. The number of anilines is 1. The van der Waals surface area contributed by atoms with Gasteiger partial charge in [-0.15, -0.1) is 0 Å². The van der Waals surface area contributed by atoms with E-state index >= 15 is 0 Å². The molecule has 0 saturated carbocycles. The lowest BCUT2D eigenvalue weighted by atomic mass is 10.2. The van der Waals surface area contributed by atoms with Crippen LogP contribution in [-0.4, -0.2) is 15.2 Å². The molecular formula is C7H9N5. The van der Waals surface area contributed by atoms with Crippen LogP contribution in [0.5, 0.6) is 0 Å². The molecule has 62 valence electrons. The summed E-state index contributed by atoms with van der Waals surface area (Å²) in [6.07, 6.45) is 1.67. The normalized spacial score (nSPS) is 10.8. The maximum atomic E-state index is 5.64. The van der Waals surface area contributed by atoms with Gasteiger partial charge in [-0.1, -0.05) is 0 Å². The van der Waals surface area contributed by atoms with Crippen LogP contribution < -0.4 is 11.5 Å². The van der Waals surface area contributed by atoms with Gasteiger partial charge in [0, 0.05) is 12.7 Å². The van der Waals surface area contributed by atoms with E-state index in [-0.39, 0.29) is 0 Å². The minimum Gasteiger partial charge on any atom is -0.384 e. The highest BCUT2D eigenvalue weighted by Crippen LogP contribution is 2.19. The average molecular weight is 163 g/mol. The lowest BCUT2D eigenvalue weighted by molar-refractivity contribution is 1.08. The smallest absolute Gasteiger partial charge is 0.183 e. The number of nitrogens with one attached hydrogen (secondary N) is 1. The van der Waals surface area contributed by atoms with E-state index in [1.165, 1.54) is 0 Å². The third-order valence-electron chi connectivity index (χ3n) is 1.79. The number of H-pyrrole nitrogens is 1. The number of nitrogens with two attached hydrogens (primary N) is 2. The van der Waals surface area contributed by atoms with Crippen molar-refractivity contribution < 1.29 is 0 Å². The van der Waals surface area contributed by atoms with E-state index in [0.29, 0.717) is 18.0 Å². The van der Waals surface area contributed by atoms with Crippen molar-refractivity contribution in [2.75, 3.05) is 5.73 Å². The van der Waals surface area contributed by atoms with Crippen molar-refractivity contribution in [1.82, 2.24) is 15.2 Å². The minimum atomic E-state index is 0.447. The number of hydrogen-bond donors (Lipinski definition) is 3. The first-order valence-electron chi connectivity index (χ1n) is 3.60. The summed E-state index contributed by atoms with van der Waals surface area (Å²) in [4.78, 5) is 4.03. The first kappa shape index (κ1) is 7.05. The summed E-state index contributed by atoms with van der Waals surface area (Å²) >= 11 is 0. The number of nitrogen functional groups attached to an aromatic ring is 1. The fourth-order valence-electron chi connectivity index (χ4n) is 1.21. The lowest BCUT2D eigenvalue weighted by Crippen LogP contribution is -1.98. The van der Waals surface area contributed by atoms with Crippen molar-refractivity contribution in [2.45, 2.75) is 6.54 Å². The molecule has 2 rings (SSSR count). The Bertz CT molecular complexity index is 405. The van der Waals surface area contributed by atoms with E-state index in [4.69, 9.17) is 11.5 Å². The Kier molecular flexibility index (Phi) is 1.44. The van der Waals surface area contributed by atoms with Crippen LogP contribution in [0, 0.1) is 0 Å². The molecule has 0 amide bonds. The maximum Gasteiger partial charge on any atom is 0.183 e. The number of hydrogen-bond acceptors (Lipinski definition) is 4. The SMILES string of the molecule is NCc1ccnc2n[nH]c(N)c12. The van der Waals surface area contributed by atoms with Crippen LogP contribution in [-0.2, 0) is 6.54 Å². The first-order valence-corrected chi connectivity index (χ1v) is 3.60. The molecule has 0 aromatic carbocycles. The monoisotopic (exact) mass is 163 g/mol. The van der Waals surface area contributed by atoms with E-state index in [2.05, 4.69) is 15.2 Å². The molecule has 0 saturated heterocycles. The first-order chi connectivity index (χ1) is 5.83. The molecule has 0 fully saturated rings. The predicted molar refractivity (Wildman–Crippen MR) is 46.2 cm³/mol. The summed E-state index contributed by atoms with van der Waals surface area (Å²) in [6, 6.07) is 1.84. The van der Waals surface area contributed by atoms with Gasteiger partial charge >= 0.3 is 0 Å². The van der Waals surface area contributed by atoms with Crippen molar-refractivity contribution in [1.29, 1.82) is 0 Å². The highest BCUT2D eigenvalue weighted by molar-refractivity contribution is 5.88. The molecule has 0 bridgehead atoms. The van der Waals surface area contributed by atoms with Crippen molar-refractivity contribution in [3.05, 3.63) is 17.8 Å². The maximum absolute atomic E-state index is 5.64. The fraction of sp³-hybridized carbons (Fsp3) is 0.143. The van der Waals surface area contributed by atoms with Crippen molar-refractivity contribution in [3.8, 4) is 0 Å². The molecule has 5 N–H and O–H groups in total. The summed E-state index contributed by atoms with van der Waals surface area (Å²) in [5.74, 6) is 0.526. The summed E-state index contributed by atoms with van der Waals surface area (Å²) in [5, 5.41) is 7.40. The Morgan fingerprint density at radius 3 is 3.08 bits per heavy atom. The molecular weight excluding hydrogens is 154 g/mol. The second-order valence-electron chi connectivity index (χ2n) is 2.51. The van der Waals surface area contributed by atoms with Gasteiger partial charge in [0.1, 0.15) is 5.82 Å². The molecule has 0 aliphatic heterocycles. The van der Waals surface area contributed by atoms with E-state index in [1.807, 2.05) is 6.07 Å². The van der Waals surface area contributed by atoms with Gasteiger partial charge in [-0.3, -0.25) is 5.10 Å². The number of nitrogens with zero attached hydrogens (tertiary/aromatic N) is 2. The Hall–Kier alpha value is -1.62. The molecule has 12 heavy (non-hydrogen) atoms. The molecule has 0 unspecified atom stereocenters. The molecule has 0 aliphatic rings. The Morgan fingerprint density at radius 1 is 1.50 bits per heavy atom. The number of pyridine rings is 1. The molecule has 5 nitrogen and oxygen atoms in total. The van der Waals surface area contributed by atoms with Crippen LogP contribution in [0.3, 0.4) is 0 Å². The molecule has 0 atom stereocenters. The second-order valence-corrected chi connectivity index (χ2v) is 2.51. The second kappa shape index (κ2) is 2.46. The van der Waals surface area contributed by atoms with Gasteiger partial charge in [0.25, 0.3) is 0 Å². The zero-order valence-corrected chi connectivity index (χ0v) is 6.41. The van der Waals surface area contributed by atoms with Crippen LogP contribution in [0.25, 0.3) is 11.0 Å². The number of aromatic nitrogens is 3. The van der Waals surface area contributed by atoms with Crippen LogP contribution in [0.2, 0.25) is 0 Å². The molecule has 0 radical (unpaired) electrons.